The molecule has 0 amide bonds. The van der Waals surface area contributed by atoms with Crippen LogP contribution < -0.4 is 5.73 Å². The van der Waals surface area contributed by atoms with Crippen molar-refractivity contribution in [2.75, 3.05) is 13.1 Å². The normalized spacial score (nSPS) is 22.7. The average Bonchev–Trinajstić information content (AvgIpc) is 2.35. The van der Waals surface area contributed by atoms with E-state index in [0.29, 0.717) is 12.1 Å². The Morgan fingerprint density at radius 2 is 2.25 bits per heavy atom. The lowest BCUT2D eigenvalue weighted by Crippen LogP contribution is -2.52. The smallest absolute Gasteiger partial charge is 0.272 e. The minimum absolute atomic E-state index is 0.00446. The molecule has 1 saturated heterocycles. The summed E-state index contributed by atoms with van der Waals surface area (Å²) >= 11 is 0. The Bertz CT molecular complexity index is 519. The van der Waals surface area contributed by atoms with Crippen LogP contribution in [0.1, 0.15) is 25.8 Å². The lowest BCUT2D eigenvalue weighted by molar-refractivity contribution is -0.385. The van der Waals surface area contributed by atoms with Crippen LogP contribution in [0.15, 0.2) is 18.2 Å². The van der Waals surface area contributed by atoms with Gasteiger partial charge in [0.15, 0.2) is 0 Å². The number of halogens is 1. The standard InChI is InChI=1S/C14H20FN3O2/c1-14(2)9-17(6-5-13(14)16)8-10-3-4-11(18(19)20)7-12(10)15/h3-4,7,13H,5-6,8-9,16H2,1-2H3. The number of benzene rings is 1. The number of piperidine rings is 1. The van der Waals surface area contributed by atoms with Gasteiger partial charge in [-0.3, -0.25) is 15.0 Å². The molecule has 1 fully saturated rings. The van der Waals surface area contributed by atoms with E-state index in [-0.39, 0.29) is 17.1 Å². The van der Waals surface area contributed by atoms with E-state index in [2.05, 4.69) is 18.7 Å². The van der Waals surface area contributed by atoms with Gasteiger partial charge in [-0.2, -0.15) is 0 Å². The Morgan fingerprint density at radius 1 is 1.55 bits per heavy atom. The van der Waals surface area contributed by atoms with E-state index in [1.165, 1.54) is 12.1 Å². The first kappa shape index (κ1) is 14.9. The highest BCUT2D eigenvalue weighted by Gasteiger charge is 2.33. The van der Waals surface area contributed by atoms with Gasteiger partial charge in [-0.15, -0.1) is 0 Å². The van der Waals surface area contributed by atoms with Crippen LogP contribution in [-0.4, -0.2) is 29.0 Å². The Labute approximate surface area is 117 Å². The van der Waals surface area contributed by atoms with Crippen LogP contribution in [-0.2, 0) is 6.54 Å². The van der Waals surface area contributed by atoms with Crippen LogP contribution >= 0.6 is 0 Å². The van der Waals surface area contributed by atoms with Gasteiger partial charge in [0.25, 0.3) is 5.69 Å². The van der Waals surface area contributed by atoms with E-state index >= 15 is 0 Å². The van der Waals surface area contributed by atoms with E-state index in [0.717, 1.165) is 25.6 Å². The summed E-state index contributed by atoms with van der Waals surface area (Å²) in [4.78, 5) is 12.1. The molecule has 1 aromatic carbocycles. The first-order valence-corrected chi connectivity index (χ1v) is 6.70. The predicted molar refractivity (Wildman–Crippen MR) is 74.7 cm³/mol. The molecule has 6 heteroatoms. The fourth-order valence-corrected chi connectivity index (χ4v) is 2.64. The summed E-state index contributed by atoms with van der Waals surface area (Å²) < 4.78 is 13.9. The third-order valence-electron chi connectivity index (χ3n) is 4.03. The Hall–Kier alpha value is -1.53. The molecule has 1 unspecified atom stereocenters. The number of nitrogens with two attached hydrogens (primary N) is 1. The summed E-state index contributed by atoms with van der Waals surface area (Å²) in [5, 5.41) is 10.6. The van der Waals surface area contributed by atoms with Crippen LogP contribution in [0.2, 0.25) is 0 Å². The molecule has 0 spiro atoms. The van der Waals surface area contributed by atoms with Crippen molar-refractivity contribution in [3.63, 3.8) is 0 Å². The molecule has 0 aliphatic carbocycles. The molecule has 1 aliphatic heterocycles. The van der Waals surface area contributed by atoms with Crippen LogP contribution in [0, 0.1) is 21.3 Å². The highest BCUT2D eigenvalue weighted by Crippen LogP contribution is 2.29. The third kappa shape index (κ3) is 3.13. The van der Waals surface area contributed by atoms with Crippen molar-refractivity contribution in [1.82, 2.24) is 4.90 Å². The molecule has 0 bridgehead atoms. The highest BCUT2D eigenvalue weighted by atomic mass is 19.1. The second kappa shape index (κ2) is 5.46. The zero-order valence-electron chi connectivity index (χ0n) is 11.8. The number of non-ortho nitro benzene ring substituents is 1. The van der Waals surface area contributed by atoms with Gasteiger partial charge >= 0.3 is 0 Å². The first-order chi connectivity index (χ1) is 9.29. The van der Waals surface area contributed by atoms with Gasteiger partial charge in [-0.25, -0.2) is 4.39 Å². The van der Waals surface area contributed by atoms with Gasteiger partial charge in [0.05, 0.1) is 11.0 Å². The van der Waals surface area contributed by atoms with Crippen molar-refractivity contribution in [1.29, 1.82) is 0 Å². The number of hydrogen-bond donors (Lipinski definition) is 1. The maximum atomic E-state index is 13.9. The van der Waals surface area contributed by atoms with Crippen molar-refractivity contribution in [3.8, 4) is 0 Å². The SMILES string of the molecule is CC1(C)CN(Cc2ccc([N+](=O)[O-])cc2F)CCC1N. The summed E-state index contributed by atoms with van der Waals surface area (Å²) in [6.45, 7) is 6.29. The predicted octanol–water partition coefficient (Wildman–Crippen LogP) is 2.29. The average molecular weight is 281 g/mol. The fraction of sp³-hybridized carbons (Fsp3) is 0.571. The second-order valence-corrected chi connectivity index (χ2v) is 6.13. The van der Waals surface area contributed by atoms with Crippen LogP contribution in [0.25, 0.3) is 0 Å². The highest BCUT2D eigenvalue weighted by molar-refractivity contribution is 5.34. The monoisotopic (exact) mass is 281 g/mol. The molecule has 0 saturated carbocycles. The van der Waals surface area contributed by atoms with Crippen molar-refractivity contribution in [2.45, 2.75) is 32.9 Å². The Morgan fingerprint density at radius 3 is 2.80 bits per heavy atom. The van der Waals surface area contributed by atoms with Gasteiger partial charge in [-0.05, 0) is 17.9 Å². The van der Waals surface area contributed by atoms with Gasteiger partial charge in [0, 0.05) is 37.3 Å². The van der Waals surface area contributed by atoms with E-state index in [9.17, 15) is 14.5 Å². The van der Waals surface area contributed by atoms with Gasteiger partial charge in [-0.1, -0.05) is 13.8 Å². The summed E-state index contributed by atoms with van der Waals surface area (Å²) in [6, 6.07) is 3.98. The minimum Gasteiger partial charge on any atom is -0.327 e. The molecule has 1 aliphatic rings. The van der Waals surface area contributed by atoms with E-state index < -0.39 is 10.7 Å². The molecule has 2 N–H and O–H groups in total. The minimum atomic E-state index is -0.587. The lowest BCUT2D eigenvalue weighted by atomic mass is 9.79. The number of hydrogen-bond acceptors (Lipinski definition) is 4. The molecule has 2 rings (SSSR count). The quantitative estimate of drug-likeness (QED) is 0.681. The number of nitro groups is 1. The Kier molecular flexibility index (Phi) is 4.06. The molecule has 20 heavy (non-hydrogen) atoms. The zero-order chi connectivity index (χ0) is 14.9. The maximum Gasteiger partial charge on any atom is 0.272 e. The summed E-state index contributed by atoms with van der Waals surface area (Å²) in [7, 11) is 0. The van der Waals surface area contributed by atoms with Crippen LogP contribution in [0.3, 0.4) is 0 Å². The first-order valence-electron chi connectivity index (χ1n) is 6.70. The van der Waals surface area contributed by atoms with Crippen molar-refractivity contribution < 1.29 is 9.31 Å². The van der Waals surface area contributed by atoms with Crippen molar-refractivity contribution in [3.05, 3.63) is 39.7 Å². The number of nitrogens with zero attached hydrogens (tertiary/aromatic N) is 2. The van der Waals surface area contributed by atoms with E-state index in [1.807, 2.05) is 0 Å². The Balaban J connectivity index is 2.09. The van der Waals surface area contributed by atoms with Gasteiger partial charge < -0.3 is 5.73 Å². The van der Waals surface area contributed by atoms with Crippen molar-refractivity contribution >= 4 is 5.69 Å². The maximum absolute atomic E-state index is 13.9. The zero-order valence-corrected chi connectivity index (χ0v) is 11.8. The van der Waals surface area contributed by atoms with E-state index in [1.54, 1.807) is 0 Å². The molecular formula is C14H20FN3O2. The molecule has 1 aromatic rings. The largest absolute Gasteiger partial charge is 0.327 e. The third-order valence-corrected chi connectivity index (χ3v) is 4.03. The summed E-state index contributed by atoms with van der Waals surface area (Å²) in [5.41, 5.74) is 6.34. The lowest BCUT2D eigenvalue weighted by Gasteiger charge is -2.42. The molecule has 1 atom stereocenters. The van der Waals surface area contributed by atoms with E-state index in [4.69, 9.17) is 5.73 Å². The van der Waals surface area contributed by atoms with Crippen LogP contribution in [0.4, 0.5) is 10.1 Å². The number of nitro benzene ring substituents is 1. The molecular weight excluding hydrogens is 261 g/mol. The summed E-state index contributed by atoms with van der Waals surface area (Å²) in [6.07, 6.45) is 0.877. The molecule has 110 valence electrons. The van der Waals surface area contributed by atoms with Crippen LogP contribution in [0.5, 0.6) is 0 Å². The van der Waals surface area contributed by atoms with Gasteiger partial charge in [0.2, 0.25) is 0 Å². The molecule has 1 heterocycles. The molecule has 0 radical (unpaired) electrons. The van der Waals surface area contributed by atoms with Gasteiger partial charge in [0.1, 0.15) is 5.82 Å². The topological polar surface area (TPSA) is 72.4 Å². The number of rotatable bonds is 3. The molecule has 5 nitrogen and oxygen atoms in total. The van der Waals surface area contributed by atoms with Crippen molar-refractivity contribution in [2.24, 2.45) is 11.1 Å². The fourth-order valence-electron chi connectivity index (χ4n) is 2.64. The second-order valence-electron chi connectivity index (χ2n) is 6.13. The summed E-state index contributed by atoms with van der Waals surface area (Å²) in [5.74, 6) is -0.521. The number of likely N-dealkylation sites (tertiary alicyclic amines) is 1. The molecule has 0 aromatic heterocycles.